The van der Waals surface area contributed by atoms with Crippen molar-refractivity contribution in [1.29, 1.82) is 0 Å². The molecule has 0 saturated heterocycles. The SMILES string of the molecule is COc1ccc(S(=O)(=O)C(F)(F)F)cc1NC(=O)CCCNC(=O)c1ccccc1. The molecule has 0 heterocycles. The van der Waals surface area contributed by atoms with Crippen LogP contribution >= 0.6 is 0 Å². The van der Waals surface area contributed by atoms with Gasteiger partial charge in [-0.05, 0) is 36.8 Å². The number of hydrogen-bond donors (Lipinski definition) is 2. The number of amides is 2. The number of carbonyl (C=O) groups is 2. The predicted molar refractivity (Wildman–Crippen MR) is 103 cm³/mol. The normalized spacial score (nSPS) is 11.6. The monoisotopic (exact) mass is 444 g/mol. The summed E-state index contributed by atoms with van der Waals surface area (Å²) in [5.74, 6) is -0.881. The van der Waals surface area contributed by atoms with E-state index in [9.17, 15) is 31.2 Å². The number of halogens is 3. The molecular weight excluding hydrogens is 425 g/mol. The molecule has 7 nitrogen and oxygen atoms in total. The summed E-state index contributed by atoms with van der Waals surface area (Å²) in [6, 6.07) is 10.9. The van der Waals surface area contributed by atoms with Gasteiger partial charge in [-0.25, -0.2) is 8.42 Å². The summed E-state index contributed by atoms with van der Waals surface area (Å²) in [6.45, 7) is 0.195. The number of hydrogen-bond acceptors (Lipinski definition) is 5. The van der Waals surface area contributed by atoms with Crippen LogP contribution in [0.1, 0.15) is 23.2 Å². The number of methoxy groups -OCH3 is 1. The molecule has 0 aliphatic heterocycles. The Hall–Kier alpha value is -3.08. The van der Waals surface area contributed by atoms with Gasteiger partial charge in [-0.2, -0.15) is 13.2 Å². The zero-order valence-corrected chi connectivity index (χ0v) is 16.6. The van der Waals surface area contributed by atoms with Gasteiger partial charge in [0.25, 0.3) is 15.7 Å². The van der Waals surface area contributed by atoms with E-state index in [-0.39, 0.29) is 36.7 Å². The minimum absolute atomic E-state index is 0.00172. The van der Waals surface area contributed by atoms with E-state index in [0.717, 1.165) is 12.1 Å². The highest BCUT2D eigenvalue weighted by Crippen LogP contribution is 2.34. The van der Waals surface area contributed by atoms with Gasteiger partial charge in [-0.15, -0.1) is 0 Å². The molecule has 0 bridgehead atoms. The number of carbonyl (C=O) groups excluding carboxylic acids is 2. The summed E-state index contributed by atoms with van der Waals surface area (Å²) in [4.78, 5) is 23.0. The van der Waals surface area contributed by atoms with Crippen LogP contribution in [0, 0.1) is 0 Å². The van der Waals surface area contributed by atoms with Crippen LogP contribution in [-0.4, -0.2) is 39.4 Å². The first-order valence-corrected chi connectivity index (χ1v) is 10.2. The Labute approximate surface area is 171 Å². The van der Waals surface area contributed by atoms with Crippen molar-refractivity contribution in [1.82, 2.24) is 5.32 Å². The molecule has 0 spiro atoms. The van der Waals surface area contributed by atoms with E-state index in [1.54, 1.807) is 30.3 Å². The highest BCUT2D eigenvalue weighted by atomic mass is 32.2. The van der Waals surface area contributed by atoms with E-state index in [1.165, 1.54) is 7.11 Å². The maximum atomic E-state index is 12.7. The molecule has 11 heteroatoms. The Morgan fingerprint density at radius 1 is 1.07 bits per heavy atom. The third-order valence-corrected chi connectivity index (χ3v) is 5.45. The number of ether oxygens (including phenoxy) is 1. The average molecular weight is 444 g/mol. The first-order chi connectivity index (χ1) is 14.1. The maximum Gasteiger partial charge on any atom is 0.501 e. The second kappa shape index (κ2) is 9.61. The second-order valence-electron chi connectivity index (χ2n) is 6.08. The van der Waals surface area contributed by atoms with Gasteiger partial charge in [0.2, 0.25) is 5.91 Å². The minimum atomic E-state index is -5.57. The van der Waals surface area contributed by atoms with Crippen molar-refractivity contribution in [3.8, 4) is 5.75 Å². The Bertz CT molecular complexity index is 1010. The van der Waals surface area contributed by atoms with Crippen LogP contribution in [0.4, 0.5) is 18.9 Å². The molecule has 0 atom stereocenters. The quantitative estimate of drug-likeness (QED) is 0.609. The fourth-order valence-corrected chi connectivity index (χ4v) is 3.23. The van der Waals surface area contributed by atoms with Crippen molar-refractivity contribution in [2.24, 2.45) is 0 Å². The third kappa shape index (κ3) is 5.72. The van der Waals surface area contributed by atoms with Crippen LogP contribution in [0.15, 0.2) is 53.4 Å². The zero-order chi connectivity index (χ0) is 22.4. The Morgan fingerprint density at radius 2 is 1.73 bits per heavy atom. The summed E-state index contributed by atoms with van der Waals surface area (Å²) in [6.07, 6.45) is 0.196. The van der Waals surface area contributed by atoms with Crippen molar-refractivity contribution in [2.45, 2.75) is 23.2 Å². The lowest BCUT2D eigenvalue weighted by Gasteiger charge is -2.13. The lowest BCUT2D eigenvalue weighted by molar-refractivity contribution is -0.116. The van der Waals surface area contributed by atoms with Crippen molar-refractivity contribution in [3.05, 3.63) is 54.1 Å². The molecule has 0 saturated carbocycles. The highest BCUT2D eigenvalue weighted by molar-refractivity contribution is 7.92. The Balaban J connectivity index is 1.97. The van der Waals surface area contributed by atoms with Gasteiger partial charge in [0.15, 0.2) is 0 Å². The molecule has 0 aliphatic rings. The van der Waals surface area contributed by atoms with Crippen LogP contribution in [0.2, 0.25) is 0 Å². The Kier molecular flexibility index (Phi) is 7.43. The second-order valence-corrected chi connectivity index (χ2v) is 8.03. The van der Waals surface area contributed by atoms with Gasteiger partial charge < -0.3 is 15.4 Å². The molecule has 2 aromatic rings. The zero-order valence-electron chi connectivity index (χ0n) is 15.8. The molecule has 0 aromatic heterocycles. The number of nitrogens with one attached hydrogen (secondary N) is 2. The van der Waals surface area contributed by atoms with E-state index in [4.69, 9.17) is 4.74 Å². The molecule has 2 rings (SSSR count). The first kappa shape index (κ1) is 23.2. The fourth-order valence-electron chi connectivity index (χ4n) is 2.44. The standard InChI is InChI=1S/C19H19F3N2O5S/c1-29-16-10-9-14(30(27,28)19(20,21)22)12-15(16)24-17(25)8-5-11-23-18(26)13-6-3-2-4-7-13/h2-4,6-7,9-10,12H,5,8,11H2,1H3,(H,23,26)(H,24,25). The molecule has 0 aliphatic carbocycles. The van der Waals surface area contributed by atoms with Crippen LogP contribution in [-0.2, 0) is 14.6 Å². The number of benzene rings is 2. The van der Waals surface area contributed by atoms with Crippen LogP contribution in [0.5, 0.6) is 5.75 Å². The molecule has 30 heavy (non-hydrogen) atoms. The van der Waals surface area contributed by atoms with E-state index < -0.39 is 26.1 Å². The van der Waals surface area contributed by atoms with Gasteiger partial charge in [0, 0.05) is 18.5 Å². The summed E-state index contributed by atoms with van der Waals surface area (Å²) in [5.41, 5.74) is -5.21. The van der Waals surface area contributed by atoms with Crippen molar-refractivity contribution < 1.29 is 35.9 Å². The van der Waals surface area contributed by atoms with E-state index in [2.05, 4.69) is 10.6 Å². The Morgan fingerprint density at radius 3 is 2.33 bits per heavy atom. The van der Waals surface area contributed by atoms with Gasteiger partial charge in [0.1, 0.15) is 5.75 Å². The number of rotatable bonds is 8. The van der Waals surface area contributed by atoms with Crippen molar-refractivity contribution >= 4 is 27.3 Å². The van der Waals surface area contributed by atoms with Gasteiger partial charge in [-0.1, -0.05) is 18.2 Å². The van der Waals surface area contributed by atoms with Crippen LogP contribution in [0.3, 0.4) is 0 Å². The molecule has 2 N–H and O–H groups in total. The van der Waals surface area contributed by atoms with E-state index >= 15 is 0 Å². The molecule has 0 radical (unpaired) electrons. The minimum Gasteiger partial charge on any atom is -0.495 e. The largest absolute Gasteiger partial charge is 0.501 e. The summed E-state index contributed by atoms with van der Waals surface area (Å²) in [5, 5.41) is 4.98. The van der Waals surface area contributed by atoms with Crippen molar-refractivity contribution in [3.63, 3.8) is 0 Å². The molecule has 0 fully saturated rings. The lowest BCUT2D eigenvalue weighted by atomic mass is 10.2. The summed E-state index contributed by atoms with van der Waals surface area (Å²) >= 11 is 0. The van der Waals surface area contributed by atoms with Gasteiger partial charge in [0.05, 0.1) is 17.7 Å². The smallest absolute Gasteiger partial charge is 0.495 e. The molecule has 0 unspecified atom stereocenters. The van der Waals surface area contributed by atoms with Crippen LogP contribution in [0.25, 0.3) is 0 Å². The molecular formula is C19H19F3N2O5S. The van der Waals surface area contributed by atoms with E-state index in [0.29, 0.717) is 11.6 Å². The first-order valence-electron chi connectivity index (χ1n) is 8.68. The number of alkyl halides is 3. The van der Waals surface area contributed by atoms with Gasteiger partial charge >= 0.3 is 5.51 Å². The summed E-state index contributed by atoms with van der Waals surface area (Å²) in [7, 11) is -4.35. The fraction of sp³-hybridized carbons (Fsp3) is 0.263. The topological polar surface area (TPSA) is 102 Å². The number of sulfone groups is 1. The average Bonchev–Trinajstić information content (AvgIpc) is 2.70. The molecule has 162 valence electrons. The molecule has 2 amide bonds. The third-order valence-electron chi connectivity index (χ3n) is 3.96. The number of anilines is 1. The lowest BCUT2D eigenvalue weighted by Crippen LogP contribution is -2.25. The predicted octanol–water partition coefficient (Wildman–Crippen LogP) is 3.14. The van der Waals surface area contributed by atoms with Crippen LogP contribution < -0.4 is 15.4 Å². The summed E-state index contributed by atoms with van der Waals surface area (Å²) < 4.78 is 66.3. The van der Waals surface area contributed by atoms with Gasteiger partial charge in [-0.3, -0.25) is 9.59 Å². The molecule has 2 aromatic carbocycles. The van der Waals surface area contributed by atoms with Crippen molar-refractivity contribution in [2.75, 3.05) is 19.0 Å². The maximum absolute atomic E-state index is 12.7. The highest BCUT2D eigenvalue weighted by Gasteiger charge is 2.47. The van der Waals surface area contributed by atoms with E-state index in [1.807, 2.05) is 0 Å².